The molecule has 0 spiro atoms. The summed E-state index contributed by atoms with van der Waals surface area (Å²) in [4.78, 5) is 27.6. The minimum Gasteiger partial charge on any atom is -0.385 e. The fourth-order valence-electron chi connectivity index (χ4n) is 4.08. The molecule has 0 aliphatic rings. The Labute approximate surface area is 218 Å². The lowest BCUT2D eigenvalue weighted by Crippen LogP contribution is -2.39. The number of aromatic nitrogens is 2. The summed E-state index contributed by atoms with van der Waals surface area (Å²) in [7, 11) is 1.62. The molecule has 0 fully saturated rings. The first kappa shape index (κ1) is 28.1. The third-order valence-corrected chi connectivity index (χ3v) is 6.08. The van der Waals surface area contributed by atoms with E-state index in [-0.39, 0.29) is 24.2 Å². The summed E-state index contributed by atoms with van der Waals surface area (Å²) in [6, 6.07) is 17.3. The molecule has 37 heavy (non-hydrogen) atoms. The molecule has 1 aromatic heterocycles. The van der Waals surface area contributed by atoms with E-state index < -0.39 is 0 Å². The molecule has 3 rings (SSSR count). The van der Waals surface area contributed by atoms with Gasteiger partial charge in [0.1, 0.15) is 11.6 Å². The van der Waals surface area contributed by atoms with Gasteiger partial charge < -0.3 is 15.0 Å². The highest BCUT2D eigenvalue weighted by atomic mass is 19.1. The lowest BCUT2D eigenvalue weighted by atomic mass is 10.1. The first-order valence-corrected chi connectivity index (χ1v) is 13.0. The normalized spacial score (nSPS) is 10.9. The zero-order chi connectivity index (χ0) is 26.5. The fourth-order valence-corrected chi connectivity index (χ4v) is 4.08. The van der Waals surface area contributed by atoms with Gasteiger partial charge in [-0.3, -0.25) is 9.59 Å². The minimum absolute atomic E-state index is 0.0280. The number of amides is 2. The van der Waals surface area contributed by atoms with Crippen LogP contribution >= 0.6 is 0 Å². The quantitative estimate of drug-likeness (QED) is 0.262. The Hall–Kier alpha value is -3.52. The van der Waals surface area contributed by atoms with E-state index in [9.17, 15) is 14.0 Å². The summed E-state index contributed by atoms with van der Waals surface area (Å²) in [6.07, 6.45) is 6.34. The standard InChI is InChI=1S/C29H37FN4O3/c1-3-4-5-6-10-14-29(36)33(19-11-20-37-2)22-28(35)31-27-21-26(23-12-8-7-9-13-23)32-34(27)25-17-15-24(30)16-18-25/h7-9,12-13,15-18,21H,3-6,10-11,14,19-20,22H2,1-2H3,(H,31,35). The molecule has 2 amide bonds. The predicted molar refractivity (Wildman–Crippen MR) is 144 cm³/mol. The molecule has 0 atom stereocenters. The smallest absolute Gasteiger partial charge is 0.245 e. The van der Waals surface area contributed by atoms with Crippen LogP contribution in [0.15, 0.2) is 60.7 Å². The third-order valence-electron chi connectivity index (χ3n) is 6.08. The number of carbonyl (C=O) groups is 2. The van der Waals surface area contributed by atoms with Gasteiger partial charge in [-0.1, -0.05) is 62.9 Å². The predicted octanol–water partition coefficient (Wildman–Crippen LogP) is 5.84. The van der Waals surface area contributed by atoms with Crippen molar-refractivity contribution in [1.82, 2.24) is 14.7 Å². The summed E-state index contributed by atoms with van der Waals surface area (Å²) >= 11 is 0. The SMILES string of the molecule is CCCCCCCC(=O)N(CCCOC)CC(=O)Nc1cc(-c2ccccc2)nn1-c1ccc(F)cc1. The average Bonchev–Trinajstić information content (AvgIpc) is 3.32. The fraction of sp³-hybridized carbons (Fsp3) is 0.414. The highest BCUT2D eigenvalue weighted by Crippen LogP contribution is 2.25. The molecule has 0 saturated heterocycles. The molecule has 7 nitrogen and oxygen atoms in total. The average molecular weight is 509 g/mol. The van der Waals surface area contributed by atoms with Crippen LogP contribution in [-0.2, 0) is 14.3 Å². The number of hydrogen-bond donors (Lipinski definition) is 1. The van der Waals surface area contributed by atoms with E-state index >= 15 is 0 Å². The van der Waals surface area contributed by atoms with Crippen molar-refractivity contribution in [2.75, 3.05) is 32.1 Å². The largest absolute Gasteiger partial charge is 0.385 e. The van der Waals surface area contributed by atoms with Gasteiger partial charge in [-0.05, 0) is 37.1 Å². The van der Waals surface area contributed by atoms with Crippen LogP contribution in [-0.4, -0.2) is 53.3 Å². The number of carbonyl (C=O) groups excluding carboxylic acids is 2. The number of hydrogen-bond acceptors (Lipinski definition) is 4. The lowest BCUT2D eigenvalue weighted by molar-refractivity contribution is -0.135. The molecule has 8 heteroatoms. The van der Waals surface area contributed by atoms with Gasteiger partial charge >= 0.3 is 0 Å². The number of rotatable bonds is 15. The van der Waals surface area contributed by atoms with E-state index in [0.29, 0.717) is 43.2 Å². The highest BCUT2D eigenvalue weighted by molar-refractivity contribution is 5.94. The van der Waals surface area contributed by atoms with Crippen molar-refractivity contribution >= 4 is 17.6 Å². The Morgan fingerprint density at radius 2 is 1.73 bits per heavy atom. The Balaban J connectivity index is 1.75. The van der Waals surface area contributed by atoms with E-state index in [1.54, 1.807) is 34.9 Å². The second-order valence-corrected chi connectivity index (χ2v) is 9.04. The molecule has 2 aromatic carbocycles. The van der Waals surface area contributed by atoms with Crippen molar-refractivity contribution < 1.29 is 18.7 Å². The van der Waals surface area contributed by atoms with Crippen LogP contribution in [0.25, 0.3) is 16.9 Å². The van der Waals surface area contributed by atoms with Crippen molar-refractivity contribution in [2.45, 2.75) is 51.9 Å². The molecule has 0 saturated carbocycles. The third kappa shape index (κ3) is 8.82. The van der Waals surface area contributed by atoms with Crippen LogP contribution in [0.1, 0.15) is 51.9 Å². The molecule has 0 aliphatic carbocycles. The van der Waals surface area contributed by atoms with Crippen molar-refractivity contribution in [2.24, 2.45) is 0 Å². The van der Waals surface area contributed by atoms with Crippen molar-refractivity contribution in [3.8, 4) is 16.9 Å². The molecular weight excluding hydrogens is 471 g/mol. The molecule has 1 heterocycles. The summed E-state index contributed by atoms with van der Waals surface area (Å²) < 4.78 is 20.2. The summed E-state index contributed by atoms with van der Waals surface area (Å²) in [5.41, 5.74) is 2.16. The van der Waals surface area contributed by atoms with E-state index in [1.807, 2.05) is 30.3 Å². The van der Waals surface area contributed by atoms with E-state index in [4.69, 9.17) is 4.74 Å². The van der Waals surface area contributed by atoms with Gasteiger partial charge in [0.05, 0.1) is 17.9 Å². The number of ether oxygens (including phenoxy) is 1. The maximum atomic E-state index is 13.5. The Morgan fingerprint density at radius 3 is 2.43 bits per heavy atom. The molecular formula is C29H37FN4O3. The zero-order valence-electron chi connectivity index (χ0n) is 21.8. The van der Waals surface area contributed by atoms with Gasteiger partial charge in [-0.25, -0.2) is 9.07 Å². The second kappa shape index (κ2) is 14.9. The highest BCUT2D eigenvalue weighted by Gasteiger charge is 2.19. The number of benzene rings is 2. The van der Waals surface area contributed by atoms with Crippen molar-refractivity contribution in [3.63, 3.8) is 0 Å². The molecule has 3 aromatic rings. The molecule has 198 valence electrons. The monoisotopic (exact) mass is 508 g/mol. The van der Waals surface area contributed by atoms with Crippen LogP contribution in [0, 0.1) is 5.82 Å². The van der Waals surface area contributed by atoms with Gasteiger partial charge in [-0.2, -0.15) is 5.10 Å². The maximum Gasteiger partial charge on any atom is 0.245 e. The lowest BCUT2D eigenvalue weighted by Gasteiger charge is -2.22. The van der Waals surface area contributed by atoms with Gasteiger partial charge in [-0.15, -0.1) is 0 Å². The van der Waals surface area contributed by atoms with Crippen molar-refractivity contribution in [3.05, 3.63) is 66.5 Å². The van der Waals surface area contributed by atoms with E-state index in [2.05, 4.69) is 17.3 Å². The van der Waals surface area contributed by atoms with E-state index in [1.165, 1.54) is 18.6 Å². The van der Waals surface area contributed by atoms with Crippen LogP contribution in [0.5, 0.6) is 0 Å². The maximum absolute atomic E-state index is 13.5. The molecule has 0 aliphatic heterocycles. The summed E-state index contributed by atoms with van der Waals surface area (Å²) in [6.45, 7) is 3.06. The number of halogens is 1. The van der Waals surface area contributed by atoms with Crippen molar-refractivity contribution in [1.29, 1.82) is 0 Å². The van der Waals surface area contributed by atoms with Gasteiger partial charge in [0.2, 0.25) is 11.8 Å². The Morgan fingerprint density at radius 1 is 1.00 bits per heavy atom. The number of unbranched alkanes of at least 4 members (excludes halogenated alkanes) is 4. The Kier molecular flexibility index (Phi) is 11.3. The van der Waals surface area contributed by atoms with Gasteiger partial charge in [0.25, 0.3) is 0 Å². The number of nitrogens with one attached hydrogen (secondary N) is 1. The van der Waals surface area contributed by atoms with Crippen LogP contribution in [0.2, 0.25) is 0 Å². The Bertz CT molecular complexity index is 1120. The number of nitrogens with zero attached hydrogens (tertiary/aromatic N) is 3. The van der Waals surface area contributed by atoms with Crippen LogP contribution in [0.3, 0.4) is 0 Å². The molecule has 0 unspecified atom stereocenters. The summed E-state index contributed by atoms with van der Waals surface area (Å²) in [5, 5.41) is 7.57. The molecule has 0 radical (unpaired) electrons. The molecule has 1 N–H and O–H groups in total. The first-order chi connectivity index (χ1) is 18.0. The topological polar surface area (TPSA) is 76.5 Å². The van der Waals surface area contributed by atoms with Crippen LogP contribution in [0.4, 0.5) is 10.2 Å². The zero-order valence-corrected chi connectivity index (χ0v) is 21.8. The summed E-state index contributed by atoms with van der Waals surface area (Å²) in [5.74, 6) is -0.261. The number of anilines is 1. The second-order valence-electron chi connectivity index (χ2n) is 9.04. The van der Waals surface area contributed by atoms with E-state index in [0.717, 1.165) is 31.2 Å². The minimum atomic E-state index is -0.357. The molecule has 0 bridgehead atoms. The number of methoxy groups -OCH3 is 1. The first-order valence-electron chi connectivity index (χ1n) is 13.0. The van der Waals surface area contributed by atoms with Crippen LogP contribution < -0.4 is 5.32 Å². The van der Waals surface area contributed by atoms with Gasteiger partial charge in [0.15, 0.2) is 0 Å². The van der Waals surface area contributed by atoms with Gasteiger partial charge in [0, 0.05) is 38.3 Å².